The van der Waals surface area contributed by atoms with Crippen LogP contribution in [0.25, 0.3) is 0 Å². The number of urea groups is 1. The lowest BCUT2D eigenvalue weighted by atomic mass is 9.72. The molecule has 1 N–H and O–H groups in total. The summed E-state index contributed by atoms with van der Waals surface area (Å²) in [7, 11) is 0. The number of anilines is 1. The second-order valence-electron chi connectivity index (χ2n) is 9.01. The summed E-state index contributed by atoms with van der Waals surface area (Å²) in [6.07, 6.45) is 5.59. The number of pyridine rings is 1. The maximum absolute atomic E-state index is 12.5. The Morgan fingerprint density at radius 1 is 1.03 bits per heavy atom. The van der Waals surface area contributed by atoms with Gasteiger partial charge in [-0.25, -0.2) is 4.79 Å². The summed E-state index contributed by atoms with van der Waals surface area (Å²) in [4.78, 5) is 20.9. The Labute approximate surface area is 199 Å². The van der Waals surface area contributed by atoms with E-state index in [9.17, 15) is 4.79 Å². The van der Waals surface area contributed by atoms with Crippen LogP contribution < -0.4 is 10.1 Å². The lowest BCUT2D eigenvalue weighted by molar-refractivity contribution is -0.0200. The van der Waals surface area contributed by atoms with Gasteiger partial charge >= 0.3 is 6.03 Å². The molecule has 1 aromatic heterocycles. The fraction of sp³-hybridized carbons (Fsp3) is 0.308. The number of amides is 2. The van der Waals surface area contributed by atoms with Crippen molar-refractivity contribution >= 4 is 23.3 Å². The number of hydrogen-bond donors (Lipinski definition) is 1. The lowest BCUT2D eigenvalue weighted by Crippen LogP contribution is -2.62. The number of likely N-dealkylation sites (tertiary alicyclic amines) is 2. The molecule has 2 saturated heterocycles. The maximum Gasteiger partial charge on any atom is 0.321 e. The Morgan fingerprint density at radius 2 is 1.79 bits per heavy atom. The predicted octanol–water partition coefficient (Wildman–Crippen LogP) is 5.66. The van der Waals surface area contributed by atoms with Crippen LogP contribution in [0.15, 0.2) is 73.1 Å². The van der Waals surface area contributed by atoms with Crippen molar-refractivity contribution in [3.05, 3.63) is 83.6 Å². The van der Waals surface area contributed by atoms with Crippen LogP contribution >= 0.6 is 11.6 Å². The molecule has 0 saturated carbocycles. The second-order valence-corrected chi connectivity index (χ2v) is 9.45. The minimum Gasteiger partial charge on any atom is -0.457 e. The number of rotatable bonds is 5. The first-order valence-electron chi connectivity index (χ1n) is 11.3. The van der Waals surface area contributed by atoms with Crippen LogP contribution in [0.4, 0.5) is 10.5 Å². The molecule has 2 aromatic carbocycles. The molecule has 7 heteroatoms. The van der Waals surface area contributed by atoms with Gasteiger partial charge in [-0.3, -0.25) is 9.88 Å². The highest BCUT2D eigenvalue weighted by molar-refractivity contribution is 6.30. The Bertz CT molecular complexity index is 1110. The minimum atomic E-state index is -0.0347. The Kier molecular flexibility index (Phi) is 6.20. The van der Waals surface area contributed by atoms with Gasteiger partial charge < -0.3 is 15.0 Å². The van der Waals surface area contributed by atoms with Gasteiger partial charge in [0.05, 0.1) is 11.9 Å². The first-order valence-corrected chi connectivity index (χ1v) is 11.7. The van der Waals surface area contributed by atoms with E-state index >= 15 is 0 Å². The van der Waals surface area contributed by atoms with E-state index < -0.39 is 0 Å². The number of carbonyl (C=O) groups excluding carboxylic acids is 1. The molecule has 170 valence electrons. The normalized spacial score (nSPS) is 17.4. The molecular formula is C26H27ClN4O2. The molecule has 0 unspecified atom stereocenters. The van der Waals surface area contributed by atoms with Gasteiger partial charge in [0.25, 0.3) is 0 Å². The van der Waals surface area contributed by atoms with E-state index in [1.54, 1.807) is 12.4 Å². The zero-order valence-corrected chi connectivity index (χ0v) is 19.2. The molecule has 0 bridgehead atoms. The average Bonchev–Trinajstić information content (AvgIpc) is 2.79. The van der Waals surface area contributed by atoms with Crippen molar-refractivity contribution in [3.8, 4) is 11.5 Å². The summed E-state index contributed by atoms with van der Waals surface area (Å²) < 4.78 is 5.98. The summed E-state index contributed by atoms with van der Waals surface area (Å²) in [6, 6.07) is 19.3. The van der Waals surface area contributed by atoms with Gasteiger partial charge in [-0.2, -0.15) is 0 Å². The molecule has 3 heterocycles. The number of benzene rings is 2. The number of ether oxygens (including phenoxy) is 1. The summed E-state index contributed by atoms with van der Waals surface area (Å²) in [6.45, 7) is 4.63. The Balaban J connectivity index is 1.10. The number of piperidine rings is 1. The van der Waals surface area contributed by atoms with Crippen LogP contribution in [0.3, 0.4) is 0 Å². The monoisotopic (exact) mass is 462 g/mol. The van der Waals surface area contributed by atoms with Crippen molar-refractivity contribution in [2.45, 2.75) is 19.4 Å². The van der Waals surface area contributed by atoms with E-state index in [4.69, 9.17) is 16.3 Å². The van der Waals surface area contributed by atoms with E-state index in [1.807, 2.05) is 53.4 Å². The number of halogens is 1. The molecule has 2 aliphatic rings. The fourth-order valence-corrected chi connectivity index (χ4v) is 4.86. The molecule has 0 radical (unpaired) electrons. The molecule has 5 rings (SSSR count). The maximum atomic E-state index is 12.5. The van der Waals surface area contributed by atoms with E-state index in [1.165, 1.54) is 5.56 Å². The van der Waals surface area contributed by atoms with Crippen LogP contribution in [0.5, 0.6) is 11.5 Å². The number of nitrogens with zero attached hydrogens (tertiary/aromatic N) is 3. The Hall–Kier alpha value is -3.09. The standard InChI is InChI=1S/C26H27ClN4O2/c27-21-5-2-8-24(15-21)33-23-7-1-4-20(14-23)17-30-12-9-26(10-13-30)18-31(19-26)25(32)29-22-6-3-11-28-16-22/h1-8,11,14-16H,9-10,12-13,17-19H2,(H,29,32). The summed E-state index contributed by atoms with van der Waals surface area (Å²) in [5, 5.41) is 3.59. The van der Waals surface area contributed by atoms with E-state index in [2.05, 4.69) is 27.3 Å². The minimum absolute atomic E-state index is 0.0347. The van der Waals surface area contributed by atoms with Crippen LogP contribution in [0.1, 0.15) is 18.4 Å². The highest BCUT2D eigenvalue weighted by Crippen LogP contribution is 2.41. The van der Waals surface area contributed by atoms with Crippen molar-refractivity contribution < 1.29 is 9.53 Å². The zero-order valence-electron chi connectivity index (χ0n) is 18.4. The highest BCUT2D eigenvalue weighted by Gasteiger charge is 2.46. The molecular weight excluding hydrogens is 436 g/mol. The van der Waals surface area contributed by atoms with Crippen molar-refractivity contribution in [2.24, 2.45) is 5.41 Å². The van der Waals surface area contributed by atoms with E-state index in [-0.39, 0.29) is 11.4 Å². The molecule has 2 aliphatic heterocycles. The SMILES string of the molecule is O=C(Nc1cccnc1)N1CC2(CCN(Cc3cccc(Oc4cccc(Cl)c4)c3)CC2)C1. The molecule has 0 aliphatic carbocycles. The number of carbonyl (C=O) groups is 1. The molecule has 6 nitrogen and oxygen atoms in total. The second kappa shape index (κ2) is 9.41. The van der Waals surface area contributed by atoms with Gasteiger partial charge in [0.2, 0.25) is 0 Å². The van der Waals surface area contributed by atoms with Crippen molar-refractivity contribution in [2.75, 3.05) is 31.5 Å². The van der Waals surface area contributed by atoms with Crippen LogP contribution in [-0.2, 0) is 6.54 Å². The van der Waals surface area contributed by atoms with Gasteiger partial charge in [0.1, 0.15) is 11.5 Å². The molecule has 0 atom stereocenters. The number of hydrogen-bond acceptors (Lipinski definition) is 4. The number of aromatic nitrogens is 1. The largest absolute Gasteiger partial charge is 0.457 e. The Morgan fingerprint density at radius 3 is 2.52 bits per heavy atom. The first kappa shape index (κ1) is 21.7. The predicted molar refractivity (Wildman–Crippen MR) is 130 cm³/mol. The van der Waals surface area contributed by atoms with Gasteiger partial charge in [-0.15, -0.1) is 0 Å². The molecule has 1 spiro atoms. The fourth-order valence-electron chi connectivity index (χ4n) is 4.68. The van der Waals surface area contributed by atoms with Crippen LogP contribution in [0, 0.1) is 5.41 Å². The summed E-state index contributed by atoms with van der Waals surface area (Å²) in [5.41, 5.74) is 2.23. The number of nitrogens with one attached hydrogen (secondary N) is 1. The van der Waals surface area contributed by atoms with E-state index in [0.29, 0.717) is 5.02 Å². The quantitative estimate of drug-likeness (QED) is 0.531. The average molecular weight is 463 g/mol. The van der Waals surface area contributed by atoms with Crippen LogP contribution in [-0.4, -0.2) is 47.0 Å². The van der Waals surface area contributed by atoms with Gasteiger partial charge in [0, 0.05) is 36.3 Å². The molecule has 2 fully saturated rings. The van der Waals surface area contributed by atoms with Crippen LogP contribution in [0.2, 0.25) is 5.02 Å². The smallest absolute Gasteiger partial charge is 0.321 e. The summed E-state index contributed by atoms with van der Waals surface area (Å²) >= 11 is 6.06. The molecule has 3 aromatic rings. The van der Waals surface area contributed by atoms with Gasteiger partial charge in [-0.1, -0.05) is 29.8 Å². The van der Waals surface area contributed by atoms with Gasteiger partial charge in [0.15, 0.2) is 0 Å². The first-order chi connectivity index (χ1) is 16.1. The molecule has 33 heavy (non-hydrogen) atoms. The summed E-state index contributed by atoms with van der Waals surface area (Å²) in [5.74, 6) is 1.55. The van der Waals surface area contributed by atoms with E-state index in [0.717, 1.165) is 62.8 Å². The third kappa shape index (κ3) is 5.29. The third-order valence-corrected chi connectivity index (χ3v) is 6.74. The van der Waals surface area contributed by atoms with Crippen molar-refractivity contribution in [1.82, 2.24) is 14.8 Å². The van der Waals surface area contributed by atoms with Gasteiger partial charge in [-0.05, 0) is 74.0 Å². The molecule has 2 amide bonds. The highest BCUT2D eigenvalue weighted by atomic mass is 35.5. The lowest BCUT2D eigenvalue weighted by Gasteiger charge is -2.53. The van der Waals surface area contributed by atoms with Crippen molar-refractivity contribution in [3.63, 3.8) is 0 Å². The topological polar surface area (TPSA) is 57.7 Å². The van der Waals surface area contributed by atoms with Crippen molar-refractivity contribution in [1.29, 1.82) is 0 Å². The third-order valence-electron chi connectivity index (χ3n) is 6.51. The zero-order chi connectivity index (χ0) is 22.7.